The Morgan fingerprint density at radius 1 is 1.50 bits per heavy atom. The van der Waals surface area contributed by atoms with Gasteiger partial charge in [0.15, 0.2) is 0 Å². The maximum atomic E-state index is 10.6. The highest BCUT2D eigenvalue weighted by Crippen LogP contribution is 2.20. The zero-order valence-corrected chi connectivity index (χ0v) is 11.3. The number of hydrogen-bond acceptors (Lipinski definition) is 3. The highest BCUT2D eigenvalue weighted by molar-refractivity contribution is 8.17. The smallest absolute Gasteiger partial charge is 0.300 e. The SMILES string of the molecule is CC(C)N1CCCC(CC#CS(=O)(=O)Cl)C1. The second-order valence-corrected chi connectivity index (χ2v) is 6.82. The molecule has 1 rings (SSSR count). The van der Waals surface area contributed by atoms with Crippen LogP contribution in [0, 0.1) is 17.1 Å². The van der Waals surface area contributed by atoms with E-state index in [1.165, 1.54) is 0 Å². The van der Waals surface area contributed by atoms with Crippen molar-refractivity contribution < 1.29 is 8.42 Å². The summed E-state index contributed by atoms with van der Waals surface area (Å²) in [6.45, 7) is 6.50. The molecule has 1 unspecified atom stereocenters. The minimum Gasteiger partial charge on any atom is -0.301 e. The fraction of sp³-hybridized carbons (Fsp3) is 0.818. The first-order valence-corrected chi connectivity index (χ1v) is 7.87. The Balaban J connectivity index is 2.46. The van der Waals surface area contributed by atoms with Crippen LogP contribution >= 0.6 is 10.7 Å². The summed E-state index contributed by atoms with van der Waals surface area (Å²) in [6, 6.07) is 0.549. The molecule has 1 fully saturated rings. The monoisotopic (exact) mass is 263 g/mol. The fourth-order valence-corrected chi connectivity index (χ4v) is 2.42. The van der Waals surface area contributed by atoms with Crippen LogP contribution in [0.1, 0.15) is 33.1 Å². The molecular formula is C11H18ClNO2S. The summed E-state index contributed by atoms with van der Waals surface area (Å²) in [5.41, 5.74) is 0. The predicted octanol–water partition coefficient (Wildman–Crippen LogP) is 2.03. The number of hydrogen-bond donors (Lipinski definition) is 0. The van der Waals surface area contributed by atoms with Crippen molar-refractivity contribution in [3.8, 4) is 11.2 Å². The molecule has 3 nitrogen and oxygen atoms in total. The van der Waals surface area contributed by atoms with E-state index in [4.69, 9.17) is 10.7 Å². The lowest BCUT2D eigenvalue weighted by Gasteiger charge is -2.34. The van der Waals surface area contributed by atoms with E-state index in [0.29, 0.717) is 18.4 Å². The maximum absolute atomic E-state index is 10.6. The van der Waals surface area contributed by atoms with E-state index in [1.807, 2.05) is 0 Å². The van der Waals surface area contributed by atoms with Gasteiger partial charge >= 0.3 is 9.05 Å². The van der Waals surface area contributed by atoms with Crippen molar-refractivity contribution in [2.75, 3.05) is 13.1 Å². The van der Waals surface area contributed by atoms with Crippen LogP contribution in [0.5, 0.6) is 0 Å². The van der Waals surface area contributed by atoms with E-state index >= 15 is 0 Å². The van der Waals surface area contributed by atoms with Gasteiger partial charge in [0.1, 0.15) is 0 Å². The molecule has 0 aromatic heterocycles. The van der Waals surface area contributed by atoms with Crippen molar-refractivity contribution in [3.05, 3.63) is 0 Å². The van der Waals surface area contributed by atoms with Gasteiger partial charge < -0.3 is 4.90 Å². The Morgan fingerprint density at radius 2 is 2.19 bits per heavy atom. The Labute approximate surface area is 103 Å². The lowest BCUT2D eigenvalue weighted by molar-refractivity contribution is 0.142. The van der Waals surface area contributed by atoms with E-state index in [1.54, 1.807) is 0 Å². The normalized spacial score (nSPS) is 22.9. The van der Waals surface area contributed by atoms with E-state index in [9.17, 15) is 8.42 Å². The molecule has 5 heteroatoms. The average Bonchev–Trinajstić information content (AvgIpc) is 2.16. The van der Waals surface area contributed by atoms with Crippen molar-refractivity contribution in [1.82, 2.24) is 4.90 Å². The van der Waals surface area contributed by atoms with Gasteiger partial charge in [-0.25, -0.2) is 0 Å². The van der Waals surface area contributed by atoms with E-state index in [0.717, 1.165) is 25.9 Å². The van der Waals surface area contributed by atoms with Crippen molar-refractivity contribution >= 4 is 19.7 Å². The minimum absolute atomic E-state index is 0.474. The van der Waals surface area contributed by atoms with Crippen molar-refractivity contribution in [3.63, 3.8) is 0 Å². The van der Waals surface area contributed by atoms with Crippen molar-refractivity contribution in [1.29, 1.82) is 0 Å². The van der Waals surface area contributed by atoms with Crippen LogP contribution in [0.3, 0.4) is 0 Å². The predicted molar refractivity (Wildman–Crippen MR) is 66.6 cm³/mol. The molecule has 0 saturated carbocycles. The number of likely N-dealkylation sites (tertiary alicyclic amines) is 1. The standard InChI is InChI=1S/C11H18ClNO2S/c1-10(2)13-7-3-5-11(9-13)6-4-8-16(12,14)15/h10-11H,3,5-7,9H2,1-2H3. The average molecular weight is 264 g/mol. The second-order valence-electron chi connectivity index (χ2n) is 4.52. The summed E-state index contributed by atoms with van der Waals surface area (Å²) in [5.74, 6) is 3.13. The number of nitrogens with zero attached hydrogens (tertiary/aromatic N) is 1. The first-order chi connectivity index (χ1) is 7.38. The highest BCUT2D eigenvalue weighted by atomic mass is 35.7. The minimum atomic E-state index is -3.66. The fourth-order valence-electron chi connectivity index (χ4n) is 2.01. The summed E-state index contributed by atoms with van der Waals surface area (Å²) in [4.78, 5) is 2.41. The molecule has 1 atom stereocenters. The van der Waals surface area contributed by atoms with Crippen LogP contribution in [-0.4, -0.2) is 32.4 Å². The van der Waals surface area contributed by atoms with Crippen LogP contribution in [0.2, 0.25) is 0 Å². The number of rotatable bonds is 2. The van der Waals surface area contributed by atoms with Crippen LogP contribution in [0.25, 0.3) is 0 Å². The molecule has 0 aliphatic carbocycles. The molecule has 92 valence electrons. The summed E-state index contributed by atoms with van der Waals surface area (Å²) < 4.78 is 21.3. The van der Waals surface area contributed by atoms with Crippen LogP contribution in [0.4, 0.5) is 0 Å². The third kappa shape index (κ3) is 5.20. The molecule has 16 heavy (non-hydrogen) atoms. The van der Waals surface area contributed by atoms with Crippen LogP contribution < -0.4 is 0 Å². The van der Waals surface area contributed by atoms with Gasteiger partial charge in [-0.2, -0.15) is 8.42 Å². The summed E-state index contributed by atoms with van der Waals surface area (Å²) >= 11 is 0. The van der Waals surface area contributed by atoms with Gasteiger partial charge in [-0.1, -0.05) is 5.92 Å². The molecule has 0 radical (unpaired) electrons. The Morgan fingerprint density at radius 3 is 2.75 bits per heavy atom. The first kappa shape index (κ1) is 13.8. The number of piperidine rings is 1. The highest BCUT2D eigenvalue weighted by Gasteiger charge is 2.20. The molecule has 1 aliphatic rings. The van der Waals surface area contributed by atoms with Crippen molar-refractivity contribution in [2.45, 2.75) is 39.2 Å². The van der Waals surface area contributed by atoms with E-state index < -0.39 is 9.05 Å². The maximum Gasteiger partial charge on any atom is 0.300 e. The molecule has 0 amide bonds. The third-order valence-electron chi connectivity index (χ3n) is 2.87. The van der Waals surface area contributed by atoms with Gasteiger partial charge in [-0.05, 0) is 39.2 Å². The van der Waals surface area contributed by atoms with Gasteiger partial charge in [0.2, 0.25) is 0 Å². The number of halogens is 1. The lowest BCUT2D eigenvalue weighted by Crippen LogP contribution is -2.39. The van der Waals surface area contributed by atoms with Gasteiger partial charge in [-0.15, -0.1) is 0 Å². The van der Waals surface area contributed by atoms with Gasteiger partial charge in [0.25, 0.3) is 0 Å². The van der Waals surface area contributed by atoms with E-state index in [2.05, 4.69) is 29.9 Å². The Kier molecular flexibility index (Phi) is 5.10. The second kappa shape index (κ2) is 5.90. The molecule has 1 aliphatic heterocycles. The van der Waals surface area contributed by atoms with Gasteiger partial charge in [-0.3, -0.25) is 0 Å². The third-order valence-corrected chi connectivity index (χ3v) is 3.49. The van der Waals surface area contributed by atoms with Gasteiger partial charge in [0.05, 0.1) is 0 Å². The summed E-state index contributed by atoms with van der Waals surface area (Å²) in [6.07, 6.45) is 2.91. The van der Waals surface area contributed by atoms with Crippen LogP contribution in [0.15, 0.2) is 0 Å². The molecule has 0 aromatic carbocycles. The van der Waals surface area contributed by atoms with E-state index in [-0.39, 0.29) is 0 Å². The molecule has 0 bridgehead atoms. The van der Waals surface area contributed by atoms with Crippen molar-refractivity contribution in [2.24, 2.45) is 5.92 Å². The van der Waals surface area contributed by atoms with Gasteiger partial charge in [0, 0.05) is 34.9 Å². The Hall–Kier alpha value is -0.240. The first-order valence-electron chi connectivity index (χ1n) is 5.57. The van der Waals surface area contributed by atoms with Crippen LogP contribution in [-0.2, 0) is 9.05 Å². The molecule has 1 heterocycles. The topological polar surface area (TPSA) is 37.4 Å². The zero-order chi connectivity index (χ0) is 12.2. The molecule has 1 saturated heterocycles. The molecule has 0 spiro atoms. The molecule has 0 N–H and O–H groups in total. The quantitative estimate of drug-likeness (QED) is 0.565. The zero-order valence-electron chi connectivity index (χ0n) is 9.74. The molecule has 0 aromatic rings. The molecular weight excluding hydrogens is 246 g/mol. The lowest BCUT2D eigenvalue weighted by atomic mass is 9.94. The Bertz CT molecular complexity index is 381. The summed E-state index contributed by atoms with van der Waals surface area (Å²) in [7, 11) is 1.36. The summed E-state index contributed by atoms with van der Waals surface area (Å²) in [5, 5.41) is 2.08. The largest absolute Gasteiger partial charge is 0.301 e.